The fourth-order valence-corrected chi connectivity index (χ4v) is 3.06. The third-order valence-electron chi connectivity index (χ3n) is 4.16. The highest BCUT2D eigenvalue weighted by atomic mass is 79.9. The number of benzene rings is 1. The molecule has 1 aromatic carbocycles. The largest absolute Gasteiger partial charge is 0.398 e. The third kappa shape index (κ3) is 3.12. The lowest BCUT2D eigenvalue weighted by atomic mass is 9.64. The van der Waals surface area contributed by atoms with Crippen LogP contribution in [0, 0.1) is 5.41 Å². The highest BCUT2D eigenvalue weighted by molar-refractivity contribution is 9.10. The SMILES string of the molecule is CCOC1CC(NCc2ccc(N)c(Br)c2)C1(C)C. The average Bonchev–Trinajstić information content (AvgIpc) is 2.37. The molecule has 1 fully saturated rings. The Balaban J connectivity index is 1.88. The van der Waals surface area contributed by atoms with Gasteiger partial charge >= 0.3 is 0 Å². The van der Waals surface area contributed by atoms with E-state index in [2.05, 4.69) is 54.2 Å². The molecule has 0 amide bonds. The van der Waals surface area contributed by atoms with Crippen LogP contribution in [0.2, 0.25) is 0 Å². The van der Waals surface area contributed by atoms with Gasteiger partial charge < -0.3 is 15.8 Å². The number of nitrogen functional groups attached to an aromatic ring is 1. The topological polar surface area (TPSA) is 47.3 Å². The van der Waals surface area contributed by atoms with E-state index < -0.39 is 0 Å². The summed E-state index contributed by atoms with van der Waals surface area (Å²) >= 11 is 3.46. The van der Waals surface area contributed by atoms with Gasteiger partial charge in [0.15, 0.2) is 0 Å². The molecular weight excluding hydrogens is 304 g/mol. The van der Waals surface area contributed by atoms with E-state index in [1.54, 1.807) is 0 Å². The molecule has 0 saturated heterocycles. The van der Waals surface area contributed by atoms with E-state index in [0.717, 1.165) is 29.7 Å². The van der Waals surface area contributed by atoms with Gasteiger partial charge in [-0.1, -0.05) is 19.9 Å². The Morgan fingerprint density at radius 3 is 2.79 bits per heavy atom. The Labute approximate surface area is 124 Å². The van der Waals surface area contributed by atoms with Gasteiger partial charge in [0, 0.05) is 34.8 Å². The molecular formula is C15H23BrN2O. The van der Waals surface area contributed by atoms with E-state index in [1.807, 2.05) is 6.07 Å². The summed E-state index contributed by atoms with van der Waals surface area (Å²) in [5.41, 5.74) is 8.03. The maximum absolute atomic E-state index is 5.79. The van der Waals surface area contributed by atoms with E-state index in [0.29, 0.717) is 12.1 Å². The van der Waals surface area contributed by atoms with E-state index in [9.17, 15) is 0 Å². The van der Waals surface area contributed by atoms with Crippen molar-refractivity contribution >= 4 is 21.6 Å². The molecule has 3 nitrogen and oxygen atoms in total. The molecule has 0 aliphatic heterocycles. The van der Waals surface area contributed by atoms with Crippen molar-refractivity contribution in [2.75, 3.05) is 12.3 Å². The molecule has 1 aliphatic carbocycles. The first-order chi connectivity index (χ1) is 8.95. The van der Waals surface area contributed by atoms with Crippen molar-refractivity contribution < 1.29 is 4.74 Å². The Kier molecular flexibility index (Phi) is 4.54. The molecule has 0 aromatic heterocycles. The zero-order chi connectivity index (χ0) is 14.0. The van der Waals surface area contributed by atoms with Crippen molar-refractivity contribution in [3.05, 3.63) is 28.2 Å². The molecule has 1 aliphatic rings. The molecule has 19 heavy (non-hydrogen) atoms. The van der Waals surface area contributed by atoms with Crippen molar-refractivity contribution in [1.29, 1.82) is 0 Å². The summed E-state index contributed by atoms with van der Waals surface area (Å²) in [6.07, 6.45) is 1.48. The number of nitrogens with two attached hydrogens (primary N) is 1. The summed E-state index contributed by atoms with van der Waals surface area (Å²) in [5, 5.41) is 3.62. The summed E-state index contributed by atoms with van der Waals surface area (Å²) < 4.78 is 6.71. The number of anilines is 1. The smallest absolute Gasteiger partial charge is 0.0655 e. The van der Waals surface area contributed by atoms with Crippen LogP contribution < -0.4 is 11.1 Å². The van der Waals surface area contributed by atoms with Gasteiger partial charge in [-0.3, -0.25) is 0 Å². The quantitative estimate of drug-likeness (QED) is 0.816. The lowest BCUT2D eigenvalue weighted by Crippen LogP contribution is -2.60. The van der Waals surface area contributed by atoms with Crippen LogP contribution in [0.25, 0.3) is 0 Å². The first kappa shape index (κ1) is 14.8. The lowest BCUT2D eigenvalue weighted by Gasteiger charge is -2.52. The molecule has 0 bridgehead atoms. The second-order valence-electron chi connectivity index (χ2n) is 5.79. The number of nitrogens with one attached hydrogen (secondary N) is 1. The summed E-state index contributed by atoms with van der Waals surface area (Å²) in [5.74, 6) is 0. The molecule has 1 saturated carbocycles. The van der Waals surface area contributed by atoms with Crippen LogP contribution in [0.15, 0.2) is 22.7 Å². The minimum absolute atomic E-state index is 0.209. The van der Waals surface area contributed by atoms with Crippen LogP contribution in [0.3, 0.4) is 0 Å². The number of halogens is 1. The normalized spacial score (nSPS) is 25.1. The molecule has 1 aromatic rings. The maximum Gasteiger partial charge on any atom is 0.0655 e. The highest BCUT2D eigenvalue weighted by Crippen LogP contribution is 2.42. The zero-order valence-corrected chi connectivity index (χ0v) is 13.5. The van der Waals surface area contributed by atoms with Gasteiger partial charge in [0.25, 0.3) is 0 Å². The van der Waals surface area contributed by atoms with Crippen LogP contribution in [-0.2, 0) is 11.3 Å². The fourth-order valence-electron chi connectivity index (χ4n) is 2.64. The van der Waals surface area contributed by atoms with E-state index in [-0.39, 0.29) is 5.41 Å². The van der Waals surface area contributed by atoms with Gasteiger partial charge in [-0.2, -0.15) is 0 Å². The van der Waals surface area contributed by atoms with Gasteiger partial charge in [-0.25, -0.2) is 0 Å². The second-order valence-corrected chi connectivity index (χ2v) is 6.64. The summed E-state index contributed by atoms with van der Waals surface area (Å²) in [6, 6.07) is 6.60. The Morgan fingerprint density at radius 1 is 1.47 bits per heavy atom. The van der Waals surface area contributed by atoms with Crippen LogP contribution >= 0.6 is 15.9 Å². The standard InChI is InChI=1S/C15H23BrN2O/c1-4-19-14-8-13(15(14,2)3)18-9-10-5-6-12(17)11(16)7-10/h5-7,13-14,18H,4,8-9,17H2,1-3H3. The minimum atomic E-state index is 0.209. The van der Waals surface area contributed by atoms with Gasteiger partial charge in [-0.15, -0.1) is 0 Å². The van der Waals surface area contributed by atoms with E-state index >= 15 is 0 Å². The Hall–Kier alpha value is -0.580. The molecule has 2 rings (SSSR count). The molecule has 0 radical (unpaired) electrons. The van der Waals surface area contributed by atoms with E-state index in [4.69, 9.17) is 10.5 Å². The molecule has 3 N–H and O–H groups in total. The summed E-state index contributed by atoms with van der Waals surface area (Å²) in [7, 11) is 0. The van der Waals surface area contributed by atoms with Crippen LogP contribution in [-0.4, -0.2) is 18.8 Å². The van der Waals surface area contributed by atoms with Gasteiger partial charge in [0.05, 0.1) is 6.10 Å². The molecule has 2 atom stereocenters. The number of hydrogen-bond acceptors (Lipinski definition) is 3. The lowest BCUT2D eigenvalue weighted by molar-refractivity contribution is -0.114. The second kappa shape index (κ2) is 5.81. The monoisotopic (exact) mass is 326 g/mol. The zero-order valence-electron chi connectivity index (χ0n) is 11.9. The van der Waals surface area contributed by atoms with Crippen molar-refractivity contribution in [3.63, 3.8) is 0 Å². The third-order valence-corrected chi connectivity index (χ3v) is 4.85. The number of rotatable bonds is 5. The predicted molar refractivity (Wildman–Crippen MR) is 83.0 cm³/mol. The minimum Gasteiger partial charge on any atom is -0.398 e. The Bertz CT molecular complexity index is 448. The number of ether oxygens (including phenoxy) is 1. The van der Waals surface area contributed by atoms with Crippen molar-refractivity contribution in [2.45, 2.75) is 45.9 Å². The molecule has 4 heteroatoms. The average molecular weight is 327 g/mol. The highest BCUT2D eigenvalue weighted by Gasteiger charge is 2.48. The molecule has 0 heterocycles. The first-order valence-electron chi connectivity index (χ1n) is 6.84. The van der Waals surface area contributed by atoms with Crippen molar-refractivity contribution in [1.82, 2.24) is 5.32 Å². The van der Waals surface area contributed by atoms with Crippen molar-refractivity contribution in [3.8, 4) is 0 Å². The van der Waals surface area contributed by atoms with Crippen LogP contribution in [0.4, 0.5) is 5.69 Å². The predicted octanol–water partition coefficient (Wildman–Crippen LogP) is 3.32. The van der Waals surface area contributed by atoms with Crippen molar-refractivity contribution in [2.24, 2.45) is 5.41 Å². The molecule has 2 unspecified atom stereocenters. The van der Waals surface area contributed by atoms with Crippen LogP contribution in [0.1, 0.15) is 32.8 Å². The molecule has 0 spiro atoms. The maximum atomic E-state index is 5.79. The first-order valence-corrected chi connectivity index (χ1v) is 7.63. The van der Waals surface area contributed by atoms with E-state index in [1.165, 1.54) is 5.56 Å². The molecule has 106 valence electrons. The van der Waals surface area contributed by atoms with Gasteiger partial charge in [0.1, 0.15) is 0 Å². The van der Waals surface area contributed by atoms with Crippen LogP contribution in [0.5, 0.6) is 0 Å². The van der Waals surface area contributed by atoms with Gasteiger partial charge in [-0.05, 0) is 47.0 Å². The summed E-state index contributed by atoms with van der Waals surface area (Å²) in [4.78, 5) is 0. The summed E-state index contributed by atoms with van der Waals surface area (Å²) in [6.45, 7) is 8.26. The fraction of sp³-hybridized carbons (Fsp3) is 0.600. The van der Waals surface area contributed by atoms with Gasteiger partial charge in [0.2, 0.25) is 0 Å². The Morgan fingerprint density at radius 2 is 2.21 bits per heavy atom. The number of hydrogen-bond donors (Lipinski definition) is 2.